The van der Waals surface area contributed by atoms with Crippen molar-refractivity contribution >= 4 is 22.8 Å². The van der Waals surface area contributed by atoms with E-state index in [4.69, 9.17) is 5.11 Å². The van der Waals surface area contributed by atoms with E-state index >= 15 is 0 Å². The largest absolute Gasteiger partial charge is 0.477 e. The van der Waals surface area contributed by atoms with Gasteiger partial charge in [0.1, 0.15) is 0 Å². The minimum absolute atomic E-state index is 0.00260. The minimum atomic E-state index is -1.05. The van der Waals surface area contributed by atoms with Crippen molar-refractivity contribution < 1.29 is 9.90 Å². The molecular formula is C11H7N3O2. The summed E-state index contributed by atoms with van der Waals surface area (Å²) in [4.78, 5) is 19.0. The third-order valence-corrected chi connectivity index (χ3v) is 2.40. The minimum Gasteiger partial charge on any atom is -0.477 e. The van der Waals surface area contributed by atoms with E-state index in [1.165, 1.54) is 6.07 Å². The van der Waals surface area contributed by atoms with Crippen LogP contribution in [0, 0.1) is 0 Å². The Hall–Kier alpha value is -2.43. The first-order valence-electron chi connectivity index (χ1n) is 4.73. The van der Waals surface area contributed by atoms with Crippen molar-refractivity contribution in [2.45, 2.75) is 0 Å². The highest BCUT2D eigenvalue weighted by molar-refractivity contribution is 5.86. The van der Waals surface area contributed by atoms with Crippen LogP contribution in [0.25, 0.3) is 16.8 Å². The van der Waals surface area contributed by atoms with Crippen LogP contribution < -0.4 is 0 Å². The topological polar surface area (TPSA) is 67.5 Å². The molecule has 1 aromatic carbocycles. The van der Waals surface area contributed by atoms with E-state index in [1.807, 2.05) is 24.3 Å². The third kappa shape index (κ3) is 1.15. The number of hydrogen-bond acceptors (Lipinski definition) is 3. The molecule has 0 aliphatic rings. The fourth-order valence-corrected chi connectivity index (χ4v) is 1.67. The normalized spacial score (nSPS) is 11.0. The zero-order valence-electron chi connectivity index (χ0n) is 8.16. The summed E-state index contributed by atoms with van der Waals surface area (Å²) in [5, 5.41) is 8.82. The second-order valence-electron chi connectivity index (χ2n) is 3.39. The Morgan fingerprint density at radius 3 is 2.81 bits per heavy atom. The van der Waals surface area contributed by atoms with Crippen LogP contribution in [0.15, 0.2) is 36.5 Å². The zero-order chi connectivity index (χ0) is 11.1. The lowest BCUT2D eigenvalue weighted by Crippen LogP contribution is -2.01. The first kappa shape index (κ1) is 8.84. The predicted molar refractivity (Wildman–Crippen MR) is 57.5 cm³/mol. The fraction of sp³-hybridized carbons (Fsp3) is 0. The molecule has 0 aliphatic carbocycles. The third-order valence-electron chi connectivity index (χ3n) is 2.40. The van der Waals surface area contributed by atoms with Crippen LogP contribution in [-0.4, -0.2) is 25.4 Å². The molecule has 0 spiro atoms. The average Bonchev–Trinajstić information content (AvgIpc) is 2.66. The van der Waals surface area contributed by atoms with Gasteiger partial charge >= 0.3 is 5.97 Å². The molecule has 0 saturated carbocycles. The van der Waals surface area contributed by atoms with E-state index in [-0.39, 0.29) is 5.69 Å². The number of hydrogen-bond donors (Lipinski definition) is 1. The van der Waals surface area contributed by atoms with Crippen molar-refractivity contribution in [2.75, 3.05) is 0 Å². The first-order chi connectivity index (χ1) is 7.75. The SMILES string of the molecule is O=C(O)c1ccn2c(n1)nc1ccccc12. The number of carboxylic acid groups (broad SMARTS) is 1. The summed E-state index contributed by atoms with van der Waals surface area (Å²) >= 11 is 0. The Bertz CT molecular complexity index is 703. The van der Waals surface area contributed by atoms with Gasteiger partial charge in [-0.25, -0.2) is 14.8 Å². The lowest BCUT2D eigenvalue weighted by atomic mass is 10.3. The lowest BCUT2D eigenvalue weighted by molar-refractivity contribution is 0.0690. The van der Waals surface area contributed by atoms with Gasteiger partial charge in [-0.2, -0.15) is 0 Å². The first-order valence-corrected chi connectivity index (χ1v) is 4.73. The maximum absolute atomic E-state index is 10.8. The maximum Gasteiger partial charge on any atom is 0.354 e. The summed E-state index contributed by atoms with van der Waals surface area (Å²) in [5.41, 5.74) is 1.72. The van der Waals surface area contributed by atoms with Gasteiger partial charge in [-0.15, -0.1) is 0 Å². The Balaban J connectivity index is 2.41. The summed E-state index contributed by atoms with van der Waals surface area (Å²) in [6.45, 7) is 0. The zero-order valence-corrected chi connectivity index (χ0v) is 8.16. The molecule has 0 aliphatic heterocycles. The molecule has 5 nitrogen and oxygen atoms in total. The van der Waals surface area contributed by atoms with E-state index in [9.17, 15) is 4.79 Å². The van der Waals surface area contributed by atoms with E-state index < -0.39 is 5.97 Å². The van der Waals surface area contributed by atoms with Gasteiger partial charge in [0.15, 0.2) is 5.69 Å². The number of aromatic carboxylic acids is 1. The highest BCUT2D eigenvalue weighted by atomic mass is 16.4. The van der Waals surface area contributed by atoms with E-state index in [0.29, 0.717) is 5.78 Å². The molecule has 2 aromatic heterocycles. The molecule has 0 fully saturated rings. The van der Waals surface area contributed by atoms with Gasteiger partial charge in [0.2, 0.25) is 5.78 Å². The highest BCUT2D eigenvalue weighted by Crippen LogP contribution is 2.14. The van der Waals surface area contributed by atoms with Crippen molar-refractivity contribution in [1.29, 1.82) is 0 Å². The van der Waals surface area contributed by atoms with Crippen molar-refractivity contribution in [2.24, 2.45) is 0 Å². The van der Waals surface area contributed by atoms with E-state index in [2.05, 4.69) is 9.97 Å². The summed E-state index contributed by atoms with van der Waals surface area (Å²) in [7, 11) is 0. The van der Waals surface area contributed by atoms with Gasteiger partial charge < -0.3 is 5.11 Å². The maximum atomic E-state index is 10.8. The number of aromatic nitrogens is 3. The molecular weight excluding hydrogens is 206 g/mol. The molecule has 3 aromatic rings. The van der Waals surface area contributed by atoms with Gasteiger partial charge in [-0.1, -0.05) is 12.1 Å². The Morgan fingerprint density at radius 1 is 1.19 bits per heavy atom. The van der Waals surface area contributed by atoms with Crippen LogP contribution >= 0.6 is 0 Å². The number of benzene rings is 1. The van der Waals surface area contributed by atoms with Crippen LogP contribution in [0.2, 0.25) is 0 Å². The van der Waals surface area contributed by atoms with Crippen molar-refractivity contribution in [3.05, 3.63) is 42.2 Å². The molecule has 3 rings (SSSR count). The van der Waals surface area contributed by atoms with Crippen LogP contribution in [0.5, 0.6) is 0 Å². The van der Waals surface area contributed by atoms with Crippen molar-refractivity contribution in [1.82, 2.24) is 14.4 Å². The van der Waals surface area contributed by atoms with Gasteiger partial charge in [0.25, 0.3) is 0 Å². The predicted octanol–water partition coefficient (Wildman–Crippen LogP) is 1.58. The van der Waals surface area contributed by atoms with Gasteiger partial charge in [0.05, 0.1) is 11.0 Å². The summed E-state index contributed by atoms with van der Waals surface area (Å²) in [5.74, 6) is -0.643. The smallest absolute Gasteiger partial charge is 0.354 e. The van der Waals surface area contributed by atoms with Gasteiger partial charge in [-0.05, 0) is 18.2 Å². The second kappa shape index (κ2) is 3.03. The highest BCUT2D eigenvalue weighted by Gasteiger charge is 2.09. The molecule has 0 unspecified atom stereocenters. The quantitative estimate of drug-likeness (QED) is 0.666. The standard InChI is InChI=1S/C11H7N3O2/c15-10(16)8-5-6-14-9-4-2-1-3-7(9)12-11(14)13-8/h1-6H,(H,15,16). The molecule has 5 heteroatoms. The molecule has 0 saturated heterocycles. The van der Waals surface area contributed by atoms with E-state index in [0.717, 1.165) is 11.0 Å². The fourth-order valence-electron chi connectivity index (χ4n) is 1.67. The van der Waals surface area contributed by atoms with Crippen LogP contribution in [0.4, 0.5) is 0 Å². The molecule has 0 amide bonds. The number of fused-ring (bicyclic) bond motifs is 3. The van der Waals surface area contributed by atoms with Gasteiger partial charge in [-0.3, -0.25) is 4.40 Å². The Morgan fingerprint density at radius 2 is 2.00 bits per heavy atom. The molecule has 0 bridgehead atoms. The van der Waals surface area contributed by atoms with Crippen LogP contribution in [-0.2, 0) is 0 Å². The summed E-state index contributed by atoms with van der Waals surface area (Å²) in [6, 6.07) is 9.03. The average molecular weight is 213 g/mol. The van der Waals surface area contributed by atoms with Crippen LogP contribution in [0.3, 0.4) is 0 Å². The molecule has 1 N–H and O–H groups in total. The molecule has 0 radical (unpaired) electrons. The number of rotatable bonds is 1. The number of imidazole rings is 1. The van der Waals surface area contributed by atoms with Gasteiger partial charge in [0, 0.05) is 6.20 Å². The van der Waals surface area contributed by atoms with Crippen molar-refractivity contribution in [3.63, 3.8) is 0 Å². The summed E-state index contributed by atoms with van der Waals surface area (Å²) in [6.07, 6.45) is 1.67. The number of carboxylic acids is 1. The monoisotopic (exact) mass is 213 g/mol. The van der Waals surface area contributed by atoms with E-state index in [1.54, 1.807) is 10.6 Å². The molecule has 78 valence electrons. The molecule has 16 heavy (non-hydrogen) atoms. The second-order valence-corrected chi connectivity index (χ2v) is 3.39. The number of carbonyl (C=O) groups is 1. The number of nitrogens with zero attached hydrogens (tertiary/aromatic N) is 3. The molecule has 2 heterocycles. The summed E-state index contributed by atoms with van der Waals surface area (Å²) < 4.78 is 1.77. The van der Waals surface area contributed by atoms with Crippen molar-refractivity contribution in [3.8, 4) is 0 Å². The Labute approximate surface area is 90.0 Å². The Kier molecular flexibility index (Phi) is 1.67. The van der Waals surface area contributed by atoms with Crippen LogP contribution in [0.1, 0.15) is 10.5 Å². The lowest BCUT2D eigenvalue weighted by Gasteiger charge is -1.95. The number of para-hydroxylation sites is 2. The molecule has 0 atom stereocenters.